The van der Waals surface area contributed by atoms with E-state index in [1.807, 2.05) is 6.92 Å². The summed E-state index contributed by atoms with van der Waals surface area (Å²) in [4.78, 5) is 23.7. The third-order valence-electron chi connectivity index (χ3n) is 2.98. The van der Waals surface area contributed by atoms with Crippen LogP contribution in [0.2, 0.25) is 0 Å². The van der Waals surface area contributed by atoms with Crippen molar-refractivity contribution in [1.29, 1.82) is 0 Å². The van der Waals surface area contributed by atoms with E-state index in [1.54, 1.807) is 0 Å². The molecule has 2 rings (SSSR count). The Morgan fingerprint density at radius 2 is 2.11 bits per heavy atom. The van der Waals surface area contributed by atoms with Crippen LogP contribution >= 0.6 is 11.3 Å². The maximum absolute atomic E-state index is 11.8. The van der Waals surface area contributed by atoms with E-state index < -0.39 is 5.91 Å². The molecule has 7 heteroatoms. The normalized spacial score (nSPS) is 14.2. The second-order valence-corrected chi connectivity index (χ2v) is 5.62. The Balaban J connectivity index is 2.26. The molecule has 0 spiro atoms. The average molecular weight is 282 g/mol. The zero-order valence-corrected chi connectivity index (χ0v) is 11.6. The van der Waals surface area contributed by atoms with Gasteiger partial charge >= 0.3 is 0 Å². The summed E-state index contributed by atoms with van der Waals surface area (Å²) in [6.07, 6.45) is 2.39. The molecule has 1 aromatic rings. The van der Waals surface area contributed by atoms with Gasteiger partial charge in [0.2, 0.25) is 0 Å². The highest BCUT2D eigenvalue weighted by atomic mass is 32.1. The van der Waals surface area contributed by atoms with Gasteiger partial charge in [0.1, 0.15) is 9.88 Å². The molecule has 1 aliphatic rings. The van der Waals surface area contributed by atoms with Gasteiger partial charge in [-0.15, -0.1) is 11.3 Å². The fourth-order valence-electron chi connectivity index (χ4n) is 1.78. The van der Waals surface area contributed by atoms with E-state index in [0.29, 0.717) is 22.3 Å². The van der Waals surface area contributed by atoms with Gasteiger partial charge in [-0.1, -0.05) is 0 Å². The molecule has 0 bridgehead atoms. The molecule has 0 aromatic carbocycles. The lowest BCUT2D eigenvalue weighted by atomic mass is 10.2. The van der Waals surface area contributed by atoms with Gasteiger partial charge in [0, 0.05) is 13.1 Å². The van der Waals surface area contributed by atoms with Crippen LogP contribution in [-0.4, -0.2) is 24.9 Å². The van der Waals surface area contributed by atoms with E-state index in [4.69, 9.17) is 11.5 Å². The van der Waals surface area contributed by atoms with Crippen LogP contribution in [0.1, 0.15) is 39.8 Å². The molecule has 0 aliphatic heterocycles. The predicted molar refractivity (Wildman–Crippen MR) is 76.5 cm³/mol. The van der Waals surface area contributed by atoms with Crippen molar-refractivity contribution in [2.75, 3.05) is 24.1 Å². The Morgan fingerprint density at radius 3 is 2.63 bits per heavy atom. The van der Waals surface area contributed by atoms with Crippen molar-refractivity contribution in [3.63, 3.8) is 0 Å². The first-order valence-corrected chi connectivity index (χ1v) is 7.10. The number of anilines is 2. The molecule has 0 atom stereocenters. The van der Waals surface area contributed by atoms with Crippen LogP contribution in [0.15, 0.2) is 0 Å². The van der Waals surface area contributed by atoms with Crippen LogP contribution in [0.5, 0.6) is 0 Å². The Kier molecular flexibility index (Phi) is 3.94. The number of rotatable bonds is 6. The van der Waals surface area contributed by atoms with Gasteiger partial charge in [0.15, 0.2) is 0 Å². The highest BCUT2D eigenvalue weighted by molar-refractivity contribution is 7.19. The molecule has 104 valence electrons. The van der Waals surface area contributed by atoms with E-state index in [1.165, 1.54) is 24.2 Å². The first-order valence-electron chi connectivity index (χ1n) is 6.28. The van der Waals surface area contributed by atoms with Gasteiger partial charge in [0.05, 0.1) is 11.3 Å². The molecule has 0 unspecified atom stereocenters. The molecule has 6 N–H and O–H groups in total. The average Bonchev–Trinajstić information content (AvgIpc) is 3.10. The highest BCUT2D eigenvalue weighted by Gasteiger charge is 2.26. The maximum Gasteiger partial charge on any atom is 0.263 e. The fourth-order valence-corrected chi connectivity index (χ4v) is 2.83. The van der Waals surface area contributed by atoms with Crippen molar-refractivity contribution in [2.45, 2.75) is 19.8 Å². The van der Waals surface area contributed by atoms with Gasteiger partial charge in [0.25, 0.3) is 11.8 Å². The molecule has 1 fully saturated rings. The molecule has 2 amide bonds. The van der Waals surface area contributed by atoms with E-state index >= 15 is 0 Å². The zero-order chi connectivity index (χ0) is 14.0. The Labute approximate surface area is 115 Å². The van der Waals surface area contributed by atoms with Crippen LogP contribution in [0.25, 0.3) is 0 Å². The van der Waals surface area contributed by atoms with E-state index in [0.717, 1.165) is 6.54 Å². The van der Waals surface area contributed by atoms with Gasteiger partial charge < -0.3 is 22.1 Å². The third kappa shape index (κ3) is 2.98. The molecule has 1 aliphatic carbocycles. The van der Waals surface area contributed by atoms with E-state index in [2.05, 4.69) is 10.6 Å². The highest BCUT2D eigenvalue weighted by Crippen LogP contribution is 2.37. The number of nitrogen functional groups attached to an aromatic ring is 1. The van der Waals surface area contributed by atoms with Crippen molar-refractivity contribution in [2.24, 2.45) is 11.7 Å². The van der Waals surface area contributed by atoms with Gasteiger partial charge in [-0.25, -0.2) is 0 Å². The first-order chi connectivity index (χ1) is 9.04. The lowest BCUT2D eigenvalue weighted by Gasteiger charge is -2.04. The number of hydrogen-bond donors (Lipinski definition) is 4. The van der Waals surface area contributed by atoms with Crippen molar-refractivity contribution in [3.8, 4) is 0 Å². The Hall–Kier alpha value is -1.76. The van der Waals surface area contributed by atoms with Crippen LogP contribution in [0.3, 0.4) is 0 Å². The SMILES string of the molecule is CCNC(=O)c1sc(NCC2CC2)c(C(N)=O)c1N. The molecular weight excluding hydrogens is 264 g/mol. The van der Waals surface area contributed by atoms with Crippen molar-refractivity contribution < 1.29 is 9.59 Å². The van der Waals surface area contributed by atoms with Gasteiger partial charge in [-0.2, -0.15) is 0 Å². The summed E-state index contributed by atoms with van der Waals surface area (Å²) in [5.41, 5.74) is 11.6. The fraction of sp³-hybridized carbons (Fsp3) is 0.500. The van der Waals surface area contributed by atoms with E-state index in [9.17, 15) is 9.59 Å². The molecule has 1 aromatic heterocycles. The standard InChI is InChI=1S/C12H18N4O2S/c1-2-15-11(18)9-8(13)7(10(14)17)12(19-9)16-5-6-3-4-6/h6,16H,2-5,13H2,1H3,(H2,14,17)(H,15,18). The second kappa shape index (κ2) is 5.48. The lowest BCUT2D eigenvalue weighted by Crippen LogP contribution is -2.23. The topological polar surface area (TPSA) is 110 Å². The minimum atomic E-state index is -0.609. The third-order valence-corrected chi connectivity index (χ3v) is 4.15. The molecule has 1 heterocycles. The van der Waals surface area contributed by atoms with Gasteiger partial charge in [-0.05, 0) is 25.7 Å². The van der Waals surface area contributed by atoms with Crippen LogP contribution in [0.4, 0.5) is 10.7 Å². The number of thiophene rings is 1. The molecular formula is C12H18N4O2S. The quantitative estimate of drug-likeness (QED) is 0.624. The van der Waals surface area contributed by atoms with Crippen molar-refractivity contribution in [1.82, 2.24) is 5.32 Å². The summed E-state index contributed by atoms with van der Waals surface area (Å²) in [7, 11) is 0. The van der Waals surface area contributed by atoms with Crippen molar-refractivity contribution in [3.05, 3.63) is 10.4 Å². The number of amides is 2. The largest absolute Gasteiger partial charge is 0.397 e. The van der Waals surface area contributed by atoms with Crippen molar-refractivity contribution >= 4 is 33.8 Å². The smallest absolute Gasteiger partial charge is 0.263 e. The van der Waals surface area contributed by atoms with Crippen LogP contribution < -0.4 is 22.1 Å². The minimum Gasteiger partial charge on any atom is -0.397 e. The summed E-state index contributed by atoms with van der Waals surface area (Å²) in [5, 5.41) is 6.44. The number of primary amides is 1. The minimum absolute atomic E-state index is 0.168. The molecule has 19 heavy (non-hydrogen) atoms. The summed E-state index contributed by atoms with van der Waals surface area (Å²) >= 11 is 1.18. The summed E-state index contributed by atoms with van der Waals surface area (Å²) in [5.74, 6) is -0.230. The molecule has 0 saturated heterocycles. The number of carbonyl (C=O) groups excluding carboxylic acids is 2. The second-order valence-electron chi connectivity index (χ2n) is 4.60. The van der Waals surface area contributed by atoms with E-state index in [-0.39, 0.29) is 17.2 Å². The summed E-state index contributed by atoms with van der Waals surface area (Å²) in [6, 6.07) is 0. The molecule has 6 nitrogen and oxygen atoms in total. The number of nitrogens with one attached hydrogen (secondary N) is 2. The molecule has 1 saturated carbocycles. The predicted octanol–water partition coefficient (Wildman–Crippen LogP) is 1.00. The summed E-state index contributed by atoms with van der Waals surface area (Å²) in [6.45, 7) is 3.12. The number of hydrogen-bond acceptors (Lipinski definition) is 5. The van der Waals surface area contributed by atoms with Crippen LogP contribution in [-0.2, 0) is 0 Å². The monoisotopic (exact) mass is 282 g/mol. The maximum atomic E-state index is 11.8. The lowest BCUT2D eigenvalue weighted by molar-refractivity contribution is 0.0960. The zero-order valence-electron chi connectivity index (χ0n) is 10.8. The number of carbonyl (C=O) groups is 2. The molecule has 0 radical (unpaired) electrons. The number of nitrogens with two attached hydrogens (primary N) is 2. The Morgan fingerprint density at radius 1 is 1.42 bits per heavy atom. The van der Waals surface area contributed by atoms with Gasteiger partial charge in [-0.3, -0.25) is 9.59 Å². The van der Waals surface area contributed by atoms with Crippen LogP contribution in [0, 0.1) is 5.92 Å². The Bertz CT molecular complexity index is 508. The summed E-state index contributed by atoms with van der Waals surface area (Å²) < 4.78 is 0. The first kappa shape index (κ1) is 13.7.